The van der Waals surface area contributed by atoms with E-state index in [9.17, 15) is 4.79 Å². The lowest BCUT2D eigenvalue weighted by molar-refractivity contribution is 0.0920. The van der Waals surface area contributed by atoms with Crippen molar-refractivity contribution in [2.75, 3.05) is 19.6 Å². The van der Waals surface area contributed by atoms with E-state index in [0.29, 0.717) is 0 Å². The van der Waals surface area contributed by atoms with Gasteiger partial charge in [0.2, 0.25) is 5.82 Å². The molecule has 1 heterocycles. The highest BCUT2D eigenvalue weighted by Gasteiger charge is 2.15. The fourth-order valence-electron chi connectivity index (χ4n) is 1.95. The highest BCUT2D eigenvalue weighted by atomic mass is 16.2. The van der Waals surface area contributed by atoms with Crippen molar-refractivity contribution in [1.29, 1.82) is 0 Å². The average molecular weight is 267 g/mol. The van der Waals surface area contributed by atoms with E-state index >= 15 is 0 Å². The molecule has 1 aromatic heterocycles. The number of nitrogens with one attached hydrogen (secondary N) is 2. The van der Waals surface area contributed by atoms with Crippen molar-refractivity contribution in [3.05, 3.63) is 11.6 Å². The molecule has 0 saturated heterocycles. The molecule has 1 aromatic rings. The zero-order valence-corrected chi connectivity index (χ0v) is 12.4. The molecule has 6 nitrogen and oxygen atoms in total. The van der Waals surface area contributed by atoms with Gasteiger partial charge in [0.25, 0.3) is 5.91 Å². The smallest absolute Gasteiger partial charge is 0.291 e. The summed E-state index contributed by atoms with van der Waals surface area (Å²) in [5.74, 6) is 0.789. The minimum Gasteiger partial charge on any atom is -0.346 e. The van der Waals surface area contributed by atoms with E-state index in [-0.39, 0.29) is 17.8 Å². The van der Waals surface area contributed by atoms with Gasteiger partial charge in [-0.1, -0.05) is 20.8 Å². The summed E-state index contributed by atoms with van der Waals surface area (Å²) >= 11 is 0. The number of carbonyl (C=O) groups excluding carboxylic acids is 1. The maximum atomic E-state index is 12.0. The summed E-state index contributed by atoms with van der Waals surface area (Å²) in [6.07, 6.45) is 1.80. The van der Waals surface area contributed by atoms with E-state index in [4.69, 9.17) is 0 Å². The second kappa shape index (κ2) is 7.89. The number of aryl methyl sites for hydroxylation is 1. The molecule has 19 heavy (non-hydrogen) atoms. The molecule has 2 N–H and O–H groups in total. The molecule has 0 saturated carbocycles. The highest BCUT2D eigenvalue weighted by molar-refractivity contribution is 5.90. The van der Waals surface area contributed by atoms with Crippen LogP contribution in [0.1, 0.15) is 50.6 Å². The molecule has 6 heteroatoms. The Balaban J connectivity index is 2.48. The van der Waals surface area contributed by atoms with Gasteiger partial charge in [-0.15, -0.1) is 5.10 Å². The van der Waals surface area contributed by atoms with Crippen molar-refractivity contribution in [1.82, 2.24) is 25.4 Å². The SMILES string of the molecule is CCCc1nc(C(=O)NC(C)CN(CC)CC)n[nH]1. The van der Waals surface area contributed by atoms with Crippen molar-refractivity contribution >= 4 is 5.91 Å². The first-order valence-electron chi connectivity index (χ1n) is 7.05. The van der Waals surface area contributed by atoms with Crippen molar-refractivity contribution in [2.45, 2.75) is 46.6 Å². The number of aromatic amines is 1. The second-order valence-corrected chi connectivity index (χ2v) is 4.72. The largest absolute Gasteiger partial charge is 0.346 e. The lowest BCUT2D eigenvalue weighted by Gasteiger charge is -2.22. The molecule has 0 fully saturated rings. The number of carbonyl (C=O) groups is 1. The molecule has 1 atom stereocenters. The maximum Gasteiger partial charge on any atom is 0.291 e. The van der Waals surface area contributed by atoms with Crippen LogP contribution in [0.5, 0.6) is 0 Å². The van der Waals surface area contributed by atoms with Crippen LogP contribution < -0.4 is 5.32 Å². The number of H-pyrrole nitrogens is 1. The zero-order valence-electron chi connectivity index (χ0n) is 12.4. The normalized spacial score (nSPS) is 12.7. The van der Waals surface area contributed by atoms with Crippen molar-refractivity contribution in [2.24, 2.45) is 0 Å². The monoisotopic (exact) mass is 267 g/mol. The van der Waals surface area contributed by atoms with Crippen LogP contribution in [0.15, 0.2) is 0 Å². The predicted molar refractivity (Wildman–Crippen MR) is 75.1 cm³/mol. The summed E-state index contributed by atoms with van der Waals surface area (Å²) in [6.45, 7) is 11.1. The maximum absolute atomic E-state index is 12.0. The van der Waals surface area contributed by atoms with Gasteiger partial charge < -0.3 is 10.2 Å². The molecular weight excluding hydrogens is 242 g/mol. The summed E-state index contributed by atoms with van der Waals surface area (Å²) in [5, 5.41) is 9.66. The van der Waals surface area contributed by atoms with E-state index in [1.807, 2.05) is 6.92 Å². The molecule has 0 aliphatic rings. The van der Waals surface area contributed by atoms with E-state index in [1.165, 1.54) is 0 Å². The quantitative estimate of drug-likeness (QED) is 0.742. The van der Waals surface area contributed by atoms with Crippen LogP contribution in [0.3, 0.4) is 0 Å². The number of rotatable bonds is 8. The zero-order chi connectivity index (χ0) is 14.3. The molecule has 0 radical (unpaired) electrons. The van der Waals surface area contributed by atoms with Crippen LogP contribution in [0.25, 0.3) is 0 Å². The van der Waals surface area contributed by atoms with Gasteiger partial charge >= 0.3 is 0 Å². The summed E-state index contributed by atoms with van der Waals surface area (Å²) in [7, 11) is 0. The van der Waals surface area contributed by atoms with Crippen LogP contribution in [0.2, 0.25) is 0 Å². The third-order valence-electron chi connectivity index (χ3n) is 3.03. The molecule has 0 aromatic carbocycles. The van der Waals surface area contributed by atoms with Crippen LogP contribution in [-0.4, -0.2) is 51.7 Å². The van der Waals surface area contributed by atoms with Gasteiger partial charge in [-0.3, -0.25) is 9.89 Å². The van der Waals surface area contributed by atoms with Gasteiger partial charge in [-0.05, 0) is 26.4 Å². The lowest BCUT2D eigenvalue weighted by Crippen LogP contribution is -2.42. The molecule has 1 amide bonds. The first-order valence-corrected chi connectivity index (χ1v) is 7.05. The van der Waals surface area contributed by atoms with E-state index < -0.39 is 0 Å². The molecule has 0 aliphatic carbocycles. The van der Waals surface area contributed by atoms with Crippen molar-refractivity contribution < 1.29 is 4.79 Å². The number of likely N-dealkylation sites (N-methyl/N-ethyl adjacent to an activating group) is 1. The number of nitrogens with zero attached hydrogens (tertiary/aromatic N) is 3. The molecule has 0 bridgehead atoms. The molecule has 0 spiro atoms. The van der Waals surface area contributed by atoms with Gasteiger partial charge in [0.1, 0.15) is 5.82 Å². The first-order chi connectivity index (χ1) is 9.10. The Labute approximate surface area is 115 Å². The number of aromatic nitrogens is 3. The Morgan fingerprint density at radius 1 is 1.37 bits per heavy atom. The second-order valence-electron chi connectivity index (χ2n) is 4.72. The van der Waals surface area contributed by atoms with Gasteiger partial charge in [0.05, 0.1) is 0 Å². The summed E-state index contributed by atoms with van der Waals surface area (Å²) < 4.78 is 0. The summed E-state index contributed by atoms with van der Waals surface area (Å²) in [6, 6.07) is 0.0838. The first kappa shape index (κ1) is 15.6. The van der Waals surface area contributed by atoms with E-state index in [2.05, 4.69) is 46.2 Å². The van der Waals surface area contributed by atoms with Crippen LogP contribution >= 0.6 is 0 Å². The van der Waals surface area contributed by atoms with Crippen LogP contribution in [0, 0.1) is 0 Å². The fourth-order valence-corrected chi connectivity index (χ4v) is 1.95. The van der Waals surface area contributed by atoms with E-state index in [0.717, 1.165) is 38.3 Å². The average Bonchev–Trinajstić information content (AvgIpc) is 2.85. The van der Waals surface area contributed by atoms with Gasteiger partial charge in [-0.2, -0.15) is 0 Å². The molecular formula is C13H25N5O. The number of hydrogen-bond acceptors (Lipinski definition) is 4. The fraction of sp³-hybridized carbons (Fsp3) is 0.769. The molecule has 1 unspecified atom stereocenters. The standard InChI is InChI=1S/C13H25N5O/c1-5-8-11-15-12(17-16-11)13(19)14-10(4)9-18(6-2)7-3/h10H,5-9H2,1-4H3,(H,14,19)(H,15,16,17). The summed E-state index contributed by atoms with van der Waals surface area (Å²) in [4.78, 5) is 18.4. The molecule has 1 rings (SSSR count). The number of hydrogen-bond donors (Lipinski definition) is 2. The Morgan fingerprint density at radius 2 is 2.05 bits per heavy atom. The Morgan fingerprint density at radius 3 is 2.63 bits per heavy atom. The Kier molecular flexibility index (Phi) is 6.49. The number of amides is 1. The third-order valence-corrected chi connectivity index (χ3v) is 3.03. The molecule has 108 valence electrons. The van der Waals surface area contributed by atoms with Crippen LogP contribution in [-0.2, 0) is 6.42 Å². The third kappa shape index (κ3) is 4.98. The Hall–Kier alpha value is -1.43. The minimum absolute atomic E-state index is 0.0838. The minimum atomic E-state index is -0.210. The lowest BCUT2D eigenvalue weighted by atomic mass is 10.3. The highest BCUT2D eigenvalue weighted by Crippen LogP contribution is 1.98. The van der Waals surface area contributed by atoms with E-state index in [1.54, 1.807) is 0 Å². The summed E-state index contributed by atoms with van der Waals surface area (Å²) in [5.41, 5.74) is 0. The van der Waals surface area contributed by atoms with Gasteiger partial charge in [0.15, 0.2) is 0 Å². The van der Waals surface area contributed by atoms with Gasteiger partial charge in [0, 0.05) is 19.0 Å². The molecule has 0 aliphatic heterocycles. The predicted octanol–water partition coefficient (Wildman–Crippen LogP) is 1.22. The van der Waals surface area contributed by atoms with Gasteiger partial charge in [-0.25, -0.2) is 4.98 Å². The van der Waals surface area contributed by atoms with Crippen molar-refractivity contribution in [3.8, 4) is 0 Å². The van der Waals surface area contributed by atoms with Crippen molar-refractivity contribution in [3.63, 3.8) is 0 Å². The van der Waals surface area contributed by atoms with Crippen LogP contribution in [0.4, 0.5) is 0 Å². The Bertz CT molecular complexity index is 386. The topological polar surface area (TPSA) is 73.9 Å².